The first kappa shape index (κ1) is 21.1. The third-order valence-electron chi connectivity index (χ3n) is 3.20. The standard InChI is InChI=1S/C17H28O8/c1-15(2,3)24-13(19)21-9-10-11(17(7,8)12(18)22-10)23-14(20)25-16(4,5)6/h10-11H,9H2,1-8H3/t10-,11-/m1/s1. The van der Waals surface area contributed by atoms with Crippen LogP contribution in [0.4, 0.5) is 9.59 Å². The fourth-order valence-corrected chi connectivity index (χ4v) is 2.08. The number of hydrogen-bond donors (Lipinski definition) is 0. The van der Waals surface area contributed by atoms with Gasteiger partial charge < -0.3 is 23.7 Å². The Labute approximate surface area is 148 Å². The van der Waals surface area contributed by atoms with E-state index in [4.69, 9.17) is 23.7 Å². The van der Waals surface area contributed by atoms with Gasteiger partial charge in [0.2, 0.25) is 0 Å². The van der Waals surface area contributed by atoms with Gasteiger partial charge in [-0.05, 0) is 55.4 Å². The molecule has 0 amide bonds. The molecule has 1 aliphatic heterocycles. The van der Waals surface area contributed by atoms with Crippen molar-refractivity contribution >= 4 is 18.3 Å². The van der Waals surface area contributed by atoms with Crippen molar-refractivity contribution in [2.24, 2.45) is 5.41 Å². The molecule has 1 fully saturated rings. The molecule has 1 saturated heterocycles. The lowest BCUT2D eigenvalue weighted by Crippen LogP contribution is -2.42. The van der Waals surface area contributed by atoms with Crippen molar-refractivity contribution in [3.63, 3.8) is 0 Å². The highest BCUT2D eigenvalue weighted by Gasteiger charge is 2.54. The number of cyclic esters (lactones) is 1. The van der Waals surface area contributed by atoms with Crippen LogP contribution in [0.1, 0.15) is 55.4 Å². The first-order valence-electron chi connectivity index (χ1n) is 8.08. The van der Waals surface area contributed by atoms with Gasteiger partial charge >= 0.3 is 18.3 Å². The zero-order valence-corrected chi connectivity index (χ0v) is 16.1. The van der Waals surface area contributed by atoms with Crippen LogP contribution in [0, 0.1) is 5.41 Å². The van der Waals surface area contributed by atoms with Gasteiger partial charge in [-0.2, -0.15) is 0 Å². The van der Waals surface area contributed by atoms with Gasteiger partial charge in [-0.1, -0.05) is 0 Å². The van der Waals surface area contributed by atoms with Crippen molar-refractivity contribution in [1.82, 2.24) is 0 Å². The molecular weight excluding hydrogens is 332 g/mol. The van der Waals surface area contributed by atoms with E-state index in [0.717, 1.165) is 0 Å². The van der Waals surface area contributed by atoms with E-state index in [-0.39, 0.29) is 6.61 Å². The fraction of sp³-hybridized carbons (Fsp3) is 0.824. The minimum atomic E-state index is -1.10. The molecule has 0 aromatic carbocycles. The largest absolute Gasteiger partial charge is 0.509 e. The van der Waals surface area contributed by atoms with Gasteiger partial charge in [0.25, 0.3) is 0 Å². The fourth-order valence-electron chi connectivity index (χ4n) is 2.08. The van der Waals surface area contributed by atoms with Crippen LogP contribution in [0.5, 0.6) is 0 Å². The third-order valence-corrected chi connectivity index (χ3v) is 3.20. The van der Waals surface area contributed by atoms with E-state index in [1.54, 1.807) is 55.4 Å². The predicted molar refractivity (Wildman–Crippen MR) is 87.0 cm³/mol. The average Bonchev–Trinajstić information content (AvgIpc) is 2.55. The molecule has 0 bridgehead atoms. The summed E-state index contributed by atoms with van der Waals surface area (Å²) < 4.78 is 25.6. The molecule has 0 N–H and O–H groups in total. The number of carbonyl (C=O) groups excluding carboxylic acids is 3. The van der Waals surface area contributed by atoms with Gasteiger partial charge in [0.15, 0.2) is 12.2 Å². The second-order valence-corrected chi connectivity index (χ2v) is 8.44. The van der Waals surface area contributed by atoms with E-state index >= 15 is 0 Å². The number of rotatable bonds is 3. The molecule has 0 saturated carbocycles. The summed E-state index contributed by atoms with van der Waals surface area (Å²) in [5.41, 5.74) is -2.55. The van der Waals surface area contributed by atoms with Gasteiger partial charge in [0.1, 0.15) is 23.2 Å². The SMILES string of the molecule is CC(C)(C)OC(=O)OC[C@H]1OC(=O)C(C)(C)[C@@H]1OC(=O)OC(C)(C)C. The van der Waals surface area contributed by atoms with Crippen LogP contribution in [0.15, 0.2) is 0 Å². The van der Waals surface area contributed by atoms with Crippen molar-refractivity contribution < 1.29 is 38.1 Å². The first-order valence-corrected chi connectivity index (χ1v) is 8.08. The van der Waals surface area contributed by atoms with Crippen LogP contribution < -0.4 is 0 Å². The minimum absolute atomic E-state index is 0.294. The smallest absolute Gasteiger partial charge is 0.454 e. The molecular formula is C17H28O8. The lowest BCUT2D eigenvalue weighted by Gasteiger charge is -2.27. The number of carbonyl (C=O) groups is 3. The van der Waals surface area contributed by atoms with Crippen molar-refractivity contribution in [3.05, 3.63) is 0 Å². The van der Waals surface area contributed by atoms with Gasteiger partial charge in [0.05, 0.1) is 0 Å². The lowest BCUT2D eigenvalue weighted by atomic mass is 9.86. The van der Waals surface area contributed by atoms with Gasteiger partial charge in [-0.25, -0.2) is 9.59 Å². The summed E-state index contributed by atoms with van der Waals surface area (Å²) >= 11 is 0. The van der Waals surface area contributed by atoms with Crippen LogP contribution in [0.25, 0.3) is 0 Å². The summed E-state index contributed by atoms with van der Waals surface area (Å²) in [6, 6.07) is 0. The summed E-state index contributed by atoms with van der Waals surface area (Å²) in [6.07, 6.45) is -3.73. The molecule has 1 aliphatic rings. The normalized spacial score (nSPS) is 22.8. The van der Waals surface area contributed by atoms with Crippen molar-refractivity contribution in [3.8, 4) is 0 Å². The Kier molecular flexibility index (Phi) is 5.97. The molecule has 8 nitrogen and oxygen atoms in total. The second kappa shape index (κ2) is 7.09. The first-order chi connectivity index (χ1) is 11.1. The molecule has 1 rings (SSSR count). The summed E-state index contributed by atoms with van der Waals surface area (Å²) in [7, 11) is 0. The summed E-state index contributed by atoms with van der Waals surface area (Å²) in [5.74, 6) is -0.557. The number of esters is 1. The van der Waals surface area contributed by atoms with E-state index in [1.807, 2.05) is 0 Å². The highest BCUT2D eigenvalue weighted by atomic mass is 16.8. The maximum atomic E-state index is 12.0. The van der Waals surface area contributed by atoms with E-state index in [0.29, 0.717) is 0 Å². The molecule has 0 aromatic rings. The molecule has 1 heterocycles. The van der Waals surface area contributed by atoms with Crippen LogP contribution in [-0.2, 0) is 28.5 Å². The summed E-state index contributed by atoms with van der Waals surface area (Å²) in [5, 5.41) is 0. The van der Waals surface area contributed by atoms with Gasteiger partial charge in [0, 0.05) is 0 Å². The maximum absolute atomic E-state index is 12.0. The Morgan fingerprint density at radius 3 is 1.96 bits per heavy atom. The summed E-state index contributed by atoms with van der Waals surface area (Å²) in [4.78, 5) is 35.6. The lowest BCUT2D eigenvalue weighted by molar-refractivity contribution is -0.149. The highest BCUT2D eigenvalue weighted by Crippen LogP contribution is 2.36. The van der Waals surface area contributed by atoms with Crippen molar-refractivity contribution in [1.29, 1.82) is 0 Å². The molecule has 0 aromatic heterocycles. The van der Waals surface area contributed by atoms with E-state index < -0.39 is 47.1 Å². The monoisotopic (exact) mass is 360 g/mol. The maximum Gasteiger partial charge on any atom is 0.509 e. The van der Waals surface area contributed by atoms with Crippen molar-refractivity contribution in [2.75, 3.05) is 6.61 Å². The van der Waals surface area contributed by atoms with E-state index in [9.17, 15) is 14.4 Å². The molecule has 0 unspecified atom stereocenters. The minimum Gasteiger partial charge on any atom is -0.454 e. The molecule has 2 atom stereocenters. The van der Waals surface area contributed by atoms with Crippen molar-refractivity contribution in [2.45, 2.75) is 78.8 Å². The van der Waals surface area contributed by atoms with Gasteiger partial charge in [-0.15, -0.1) is 0 Å². The molecule has 0 spiro atoms. The van der Waals surface area contributed by atoms with Crippen LogP contribution >= 0.6 is 0 Å². The average molecular weight is 360 g/mol. The third kappa shape index (κ3) is 6.43. The molecule has 8 heteroatoms. The number of ether oxygens (including phenoxy) is 5. The van der Waals surface area contributed by atoms with Gasteiger partial charge in [-0.3, -0.25) is 4.79 Å². The quantitative estimate of drug-likeness (QED) is 0.559. The molecule has 144 valence electrons. The molecule has 25 heavy (non-hydrogen) atoms. The predicted octanol–water partition coefficient (Wildman–Crippen LogP) is 3.21. The Morgan fingerprint density at radius 2 is 1.48 bits per heavy atom. The molecule has 0 aliphatic carbocycles. The Hall–Kier alpha value is -1.99. The van der Waals surface area contributed by atoms with Crippen LogP contribution in [-0.4, -0.2) is 48.3 Å². The Balaban J connectivity index is 2.75. The zero-order chi connectivity index (χ0) is 19.6. The molecule has 0 radical (unpaired) electrons. The zero-order valence-electron chi connectivity index (χ0n) is 16.1. The Morgan fingerprint density at radius 1 is 1.00 bits per heavy atom. The highest BCUT2D eigenvalue weighted by molar-refractivity contribution is 5.80. The second-order valence-electron chi connectivity index (χ2n) is 8.44. The number of hydrogen-bond acceptors (Lipinski definition) is 8. The van der Waals surface area contributed by atoms with Crippen LogP contribution in [0.2, 0.25) is 0 Å². The topological polar surface area (TPSA) is 97.4 Å². The van der Waals surface area contributed by atoms with Crippen LogP contribution in [0.3, 0.4) is 0 Å². The van der Waals surface area contributed by atoms with E-state index in [1.165, 1.54) is 0 Å². The summed E-state index contributed by atoms with van der Waals surface area (Å²) in [6.45, 7) is 13.0. The van der Waals surface area contributed by atoms with E-state index in [2.05, 4.69) is 0 Å². The Bertz CT molecular complexity index is 524.